The van der Waals surface area contributed by atoms with Gasteiger partial charge in [0.25, 0.3) is 11.8 Å². The summed E-state index contributed by atoms with van der Waals surface area (Å²) in [5, 5.41) is 28.3. The highest BCUT2D eigenvalue weighted by atomic mass is 19.1. The summed E-state index contributed by atoms with van der Waals surface area (Å²) < 4.78 is 19.3. The number of carbonyl (C=O) groups is 2. The van der Waals surface area contributed by atoms with E-state index >= 15 is 0 Å². The number of halogens is 1. The van der Waals surface area contributed by atoms with E-state index in [1.54, 1.807) is 6.92 Å². The molecule has 150 valence electrons. The van der Waals surface area contributed by atoms with Crippen molar-refractivity contribution in [2.45, 2.75) is 6.92 Å². The molecule has 2 aromatic heterocycles. The Hall–Kier alpha value is -4.27. The molecular formula is C21H14FN3O5. The maximum absolute atomic E-state index is 13.2. The van der Waals surface area contributed by atoms with Gasteiger partial charge in [0.1, 0.15) is 11.6 Å². The standard InChI is InChI=1S/C21H14FN3O5/c1-11-15(8-9-30-11)19(27)24-23-18(26)12-2-7-16-17(10-12)21(29)25(20(16)28)14-5-3-13(22)4-6-14/h2-10,28-29H,1H3. The number of amides is 2. The number of furan rings is 1. The summed E-state index contributed by atoms with van der Waals surface area (Å²) in [5.74, 6) is -2.26. The SMILES string of the molecule is Cc1occc1C(=O)N=NC(=O)c1ccc2c(O)n(-c3ccc(F)cc3)c(O)c2c1. The number of aryl methyl sites for hydroxylation is 1. The Morgan fingerprint density at radius 3 is 2.27 bits per heavy atom. The minimum absolute atomic E-state index is 0.0505. The van der Waals surface area contributed by atoms with Gasteiger partial charge in [0, 0.05) is 16.3 Å². The molecule has 0 aliphatic heterocycles. The molecule has 0 radical (unpaired) electrons. The summed E-state index contributed by atoms with van der Waals surface area (Å²) >= 11 is 0. The van der Waals surface area contributed by atoms with Crippen molar-refractivity contribution in [1.82, 2.24) is 4.57 Å². The molecule has 0 saturated heterocycles. The molecule has 30 heavy (non-hydrogen) atoms. The normalized spacial score (nSPS) is 11.4. The quantitative estimate of drug-likeness (QED) is 0.484. The van der Waals surface area contributed by atoms with E-state index in [0.717, 1.165) is 4.57 Å². The average molecular weight is 407 g/mol. The number of rotatable bonds is 3. The van der Waals surface area contributed by atoms with Gasteiger partial charge in [-0.2, -0.15) is 0 Å². The van der Waals surface area contributed by atoms with Crippen molar-refractivity contribution in [3.63, 3.8) is 0 Å². The lowest BCUT2D eigenvalue weighted by Crippen LogP contribution is -1.98. The highest BCUT2D eigenvalue weighted by molar-refractivity contribution is 6.03. The lowest BCUT2D eigenvalue weighted by molar-refractivity contribution is 0.0946. The molecule has 0 spiro atoms. The lowest BCUT2D eigenvalue weighted by Gasteiger charge is -2.06. The third-order valence-corrected chi connectivity index (χ3v) is 4.58. The summed E-state index contributed by atoms with van der Waals surface area (Å²) in [6, 6.07) is 10.7. The predicted octanol–water partition coefficient (Wildman–Crippen LogP) is 4.52. The molecule has 4 rings (SSSR count). The summed E-state index contributed by atoms with van der Waals surface area (Å²) in [6.07, 6.45) is 1.33. The number of hydrogen-bond donors (Lipinski definition) is 2. The zero-order valence-corrected chi connectivity index (χ0v) is 15.5. The van der Waals surface area contributed by atoms with Gasteiger partial charge in [-0.05, 0) is 55.5 Å². The van der Waals surface area contributed by atoms with E-state index in [1.165, 1.54) is 54.8 Å². The molecule has 0 atom stereocenters. The van der Waals surface area contributed by atoms with Crippen LogP contribution >= 0.6 is 0 Å². The molecule has 0 fully saturated rings. The van der Waals surface area contributed by atoms with E-state index in [9.17, 15) is 24.2 Å². The zero-order valence-electron chi connectivity index (χ0n) is 15.5. The molecule has 8 nitrogen and oxygen atoms in total. The van der Waals surface area contributed by atoms with Crippen LogP contribution in [0, 0.1) is 12.7 Å². The maximum Gasteiger partial charge on any atom is 0.299 e. The molecule has 4 aromatic rings. The van der Waals surface area contributed by atoms with E-state index in [0.29, 0.717) is 11.4 Å². The van der Waals surface area contributed by atoms with Gasteiger partial charge in [0.05, 0.1) is 17.5 Å². The van der Waals surface area contributed by atoms with Crippen molar-refractivity contribution >= 4 is 22.6 Å². The molecule has 0 aliphatic rings. The Bertz CT molecular complexity index is 1320. The van der Waals surface area contributed by atoms with Gasteiger partial charge >= 0.3 is 0 Å². The minimum atomic E-state index is -0.806. The van der Waals surface area contributed by atoms with Gasteiger partial charge in [-0.25, -0.2) is 4.39 Å². The Kier molecular flexibility index (Phi) is 4.63. The number of aromatic hydroxyl groups is 2. The van der Waals surface area contributed by atoms with E-state index < -0.39 is 17.6 Å². The fraction of sp³-hybridized carbons (Fsp3) is 0.0476. The fourth-order valence-corrected chi connectivity index (χ4v) is 3.04. The largest absolute Gasteiger partial charge is 0.494 e. The van der Waals surface area contributed by atoms with Crippen LogP contribution < -0.4 is 0 Å². The molecule has 2 amide bonds. The Morgan fingerprint density at radius 2 is 1.60 bits per heavy atom. The van der Waals surface area contributed by atoms with Crippen LogP contribution in [-0.4, -0.2) is 26.6 Å². The van der Waals surface area contributed by atoms with Gasteiger partial charge in [-0.15, -0.1) is 10.2 Å². The van der Waals surface area contributed by atoms with E-state index in [-0.39, 0.29) is 33.7 Å². The first-order valence-electron chi connectivity index (χ1n) is 8.73. The Morgan fingerprint density at radius 1 is 0.933 bits per heavy atom. The number of carbonyl (C=O) groups excluding carboxylic acids is 2. The van der Waals surface area contributed by atoms with Crippen molar-refractivity contribution in [1.29, 1.82) is 0 Å². The van der Waals surface area contributed by atoms with Crippen molar-refractivity contribution in [2.24, 2.45) is 10.2 Å². The number of azo groups is 1. The smallest absolute Gasteiger partial charge is 0.299 e. The summed E-state index contributed by atoms with van der Waals surface area (Å²) in [7, 11) is 0. The molecule has 0 saturated carbocycles. The molecule has 2 aromatic carbocycles. The van der Waals surface area contributed by atoms with Crippen LogP contribution in [0.25, 0.3) is 16.5 Å². The van der Waals surface area contributed by atoms with Crippen molar-refractivity contribution in [3.8, 4) is 17.4 Å². The van der Waals surface area contributed by atoms with Crippen LogP contribution in [0.4, 0.5) is 4.39 Å². The molecular weight excluding hydrogens is 393 g/mol. The van der Waals surface area contributed by atoms with Crippen molar-refractivity contribution in [2.75, 3.05) is 0 Å². The number of aromatic nitrogens is 1. The van der Waals surface area contributed by atoms with E-state index in [2.05, 4.69) is 10.2 Å². The van der Waals surface area contributed by atoms with Crippen molar-refractivity contribution in [3.05, 3.63) is 77.5 Å². The van der Waals surface area contributed by atoms with E-state index in [4.69, 9.17) is 4.42 Å². The summed E-state index contributed by atoms with van der Waals surface area (Å²) in [5.41, 5.74) is 0.576. The molecule has 2 N–H and O–H groups in total. The van der Waals surface area contributed by atoms with Gasteiger partial charge < -0.3 is 14.6 Å². The molecule has 2 heterocycles. The molecule has 9 heteroatoms. The monoisotopic (exact) mass is 407 g/mol. The van der Waals surface area contributed by atoms with Crippen LogP contribution in [0.5, 0.6) is 11.8 Å². The molecule has 0 unspecified atom stereocenters. The third-order valence-electron chi connectivity index (χ3n) is 4.58. The zero-order chi connectivity index (χ0) is 21.4. The second-order valence-electron chi connectivity index (χ2n) is 6.42. The van der Waals surface area contributed by atoms with Crippen LogP contribution in [0.15, 0.2) is 69.4 Å². The highest BCUT2D eigenvalue weighted by Crippen LogP contribution is 2.39. The van der Waals surface area contributed by atoms with Crippen LogP contribution in [0.2, 0.25) is 0 Å². The number of fused-ring (bicyclic) bond motifs is 1. The first-order valence-corrected chi connectivity index (χ1v) is 8.73. The lowest BCUT2D eigenvalue weighted by atomic mass is 10.1. The van der Waals surface area contributed by atoms with Crippen LogP contribution in [0.1, 0.15) is 26.5 Å². The number of nitrogens with zero attached hydrogens (tertiary/aromatic N) is 3. The third kappa shape index (κ3) is 3.22. The van der Waals surface area contributed by atoms with Gasteiger partial charge in [-0.3, -0.25) is 14.2 Å². The minimum Gasteiger partial charge on any atom is -0.494 e. The Labute approximate surface area is 168 Å². The number of hydrogen-bond acceptors (Lipinski definition) is 5. The van der Waals surface area contributed by atoms with Crippen molar-refractivity contribution < 1.29 is 28.6 Å². The van der Waals surface area contributed by atoms with Gasteiger partial charge in [0.2, 0.25) is 11.8 Å². The summed E-state index contributed by atoms with van der Waals surface area (Å²) in [6.45, 7) is 1.58. The topological polar surface area (TPSA) is 117 Å². The van der Waals surface area contributed by atoms with Crippen LogP contribution in [-0.2, 0) is 0 Å². The second-order valence-corrected chi connectivity index (χ2v) is 6.42. The van der Waals surface area contributed by atoms with Crippen LogP contribution in [0.3, 0.4) is 0 Å². The van der Waals surface area contributed by atoms with E-state index in [1.807, 2.05) is 0 Å². The first kappa shape index (κ1) is 19.1. The fourth-order valence-electron chi connectivity index (χ4n) is 3.04. The molecule has 0 aliphatic carbocycles. The first-order chi connectivity index (χ1) is 14.4. The maximum atomic E-state index is 13.2. The number of benzene rings is 2. The highest BCUT2D eigenvalue weighted by Gasteiger charge is 2.19. The molecule has 0 bridgehead atoms. The predicted molar refractivity (Wildman–Crippen MR) is 104 cm³/mol. The van der Waals surface area contributed by atoms with Gasteiger partial charge in [0.15, 0.2) is 0 Å². The summed E-state index contributed by atoms with van der Waals surface area (Å²) in [4.78, 5) is 24.3. The van der Waals surface area contributed by atoms with Gasteiger partial charge in [-0.1, -0.05) is 0 Å². The second kappa shape index (κ2) is 7.28. The Balaban J connectivity index is 1.68. The average Bonchev–Trinajstić information content (AvgIpc) is 3.28.